The van der Waals surface area contributed by atoms with Crippen LogP contribution >= 0.6 is 0 Å². The Morgan fingerprint density at radius 2 is 1.90 bits per heavy atom. The fraction of sp³-hybridized carbons (Fsp3) is 0.611. The van der Waals surface area contributed by atoms with E-state index in [0.717, 1.165) is 37.8 Å². The van der Waals surface area contributed by atoms with Crippen molar-refractivity contribution in [1.82, 2.24) is 4.90 Å². The average Bonchev–Trinajstić information content (AvgIpc) is 2.95. The van der Waals surface area contributed by atoms with Gasteiger partial charge < -0.3 is 10.0 Å². The molecular formula is C18H25NO2. The molecule has 0 radical (unpaired) electrons. The van der Waals surface area contributed by atoms with E-state index in [0.29, 0.717) is 0 Å². The molecule has 1 N–H and O–H groups in total. The molecule has 3 heteroatoms. The molecule has 114 valence electrons. The molecule has 3 nitrogen and oxygen atoms in total. The van der Waals surface area contributed by atoms with Crippen LogP contribution in [0.2, 0.25) is 0 Å². The normalized spacial score (nSPS) is 22.2. The second-order valence-electron chi connectivity index (χ2n) is 7.00. The van der Waals surface area contributed by atoms with E-state index in [1.54, 1.807) is 13.8 Å². The van der Waals surface area contributed by atoms with E-state index in [1.165, 1.54) is 24.0 Å². The van der Waals surface area contributed by atoms with Gasteiger partial charge in [-0.3, -0.25) is 4.79 Å². The Kier molecular flexibility index (Phi) is 3.78. The Labute approximate surface area is 127 Å². The summed E-state index contributed by atoms with van der Waals surface area (Å²) in [6.07, 6.45) is 6.57. The summed E-state index contributed by atoms with van der Waals surface area (Å²) < 4.78 is 0. The molecule has 1 amide bonds. The number of amides is 1. The summed E-state index contributed by atoms with van der Waals surface area (Å²) in [5, 5.41) is 10.3. The quantitative estimate of drug-likeness (QED) is 0.908. The Bertz CT molecular complexity index is 545. The van der Waals surface area contributed by atoms with Crippen molar-refractivity contribution in [2.45, 2.75) is 64.0 Å². The Morgan fingerprint density at radius 1 is 1.19 bits per heavy atom. The van der Waals surface area contributed by atoms with E-state index in [2.05, 4.69) is 12.1 Å². The van der Waals surface area contributed by atoms with Crippen LogP contribution in [0.1, 0.15) is 61.0 Å². The number of likely N-dealkylation sites (tertiary alicyclic amines) is 1. The van der Waals surface area contributed by atoms with Crippen molar-refractivity contribution in [3.63, 3.8) is 0 Å². The van der Waals surface area contributed by atoms with Gasteiger partial charge in [0.25, 0.3) is 5.91 Å². The summed E-state index contributed by atoms with van der Waals surface area (Å²) in [5.41, 5.74) is 2.69. The van der Waals surface area contributed by atoms with Gasteiger partial charge in [0, 0.05) is 12.1 Å². The maximum absolute atomic E-state index is 12.8. The molecule has 2 aliphatic rings. The van der Waals surface area contributed by atoms with Crippen molar-refractivity contribution in [2.75, 3.05) is 6.54 Å². The second kappa shape index (κ2) is 5.45. The monoisotopic (exact) mass is 287 g/mol. The lowest BCUT2D eigenvalue weighted by molar-refractivity contribution is 0.000332. The molecule has 1 aliphatic heterocycles. The number of carbonyl (C=O) groups is 1. The smallest absolute Gasteiger partial charge is 0.254 e. The average molecular weight is 287 g/mol. The van der Waals surface area contributed by atoms with Crippen molar-refractivity contribution >= 4 is 5.91 Å². The van der Waals surface area contributed by atoms with Crippen molar-refractivity contribution in [3.05, 3.63) is 34.9 Å². The zero-order valence-electron chi connectivity index (χ0n) is 13.1. The van der Waals surface area contributed by atoms with Crippen LogP contribution in [0.25, 0.3) is 0 Å². The first-order valence-corrected chi connectivity index (χ1v) is 8.12. The third-order valence-corrected chi connectivity index (χ3v) is 4.92. The van der Waals surface area contributed by atoms with Gasteiger partial charge in [0.2, 0.25) is 0 Å². The molecule has 3 rings (SSSR count). The van der Waals surface area contributed by atoms with Crippen LogP contribution in [0.4, 0.5) is 0 Å². The Morgan fingerprint density at radius 3 is 2.62 bits per heavy atom. The number of rotatable bonds is 2. The molecule has 1 fully saturated rings. The Balaban J connectivity index is 1.85. The number of hydrogen-bond acceptors (Lipinski definition) is 2. The Hall–Kier alpha value is -1.35. The first-order chi connectivity index (χ1) is 9.97. The summed E-state index contributed by atoms with van der Waals surface area (Å²) >= 11 is 0. The highest BCUT2D eigenvalue weighted by Crippen LogP contribution is 2.29. The number of nitrogens with zero attached hydrogens (tertiary/aromatic N) is 1. The fourth-order valence-corrected chi connectivity index (χ4v) is 3.78. The van der Waals surface area contributed by atoms with Crippen molar-refractivity contribution in [2.24, 2.45) is 0 Å². The molecule has 1 unspecified atom stereocenters. The van der Waals surface area contributed by atoms with Gasteiger partial charge in [0.1, 0.15) is 0 Å². The molecule has 1 saturated heterocycles. The third kappa shape index (κ3) is 2.84. The molecule has 0 bridgehead atoms. The minimum Gasteiger partial charge on any atom is -0.388 e. The fourth-order valence-electron chi connectivity index (χ4n) is 3.78. The van der Waals surface area contributed by atoms with E-state index in [4.69, 9.17) is 0 Å². The number of aliphatic hydroxyl groups is 1. The van der Waals surface area contributed by atoms with Crippen LogP contribution in [0.15, 0.2) is 18.2 Å². The summed E-state index contributed by atoms with van der Waals surface area (Å²) in [4.78, 5) is 14.7. The number of carbonyl (C=O) groups excluding carboxylic acids is 1. The zero-order chi connectivity index (χ0) is 15.0. The van der Waals surface area contributed by atoms with E-state index < -0.39 is 5.60 Å². The van der Waals surface area contributed by atoms with Gasteiger partial charge in [0.05, 0.1) is 11.6 Å². The minimum absolute atomic E-state index is 0.0685. The highest BCUT2D eigenvalue weighted by molar-refractivity contribution is 5.95. The molecule has 1 aromatic carbocycles. The van der Waals surface area contributed by atoms with Crippen molar-refractivity contribution in [3.8, 4) is 0 Å². The molecule has 0 aromatic heterocycles. The van der Waals surface area contributed by atoms with Crippen LogP contribution in [-0.4, -0.2) is 34.1 Å². The van der Waals surface area contributed by atoms with E-state index in [-0.39, 0.29) is 11.9 Å². The van der Waals surface area contributed by atoms with Gasteiger partial charge in [-0.15, -0.1) is 0 Å². The van der Waals surface area contributed by atoms with Crippen LogP contribution in [0.3, 0.4) is 0 Å². The predicted octanol–water partition coefficient (Wildman–Crippen LogP) is 2.94. The highest BCUT2D eigenvalue weighted by atomic mass is 16.3. The first kappa shape index (κ1) is 14.6. The summed E-state index contributed by atoms with van der Waals surface area (Å²) in [5.74, 6) is 0.0769. The lowest BCUT2D eigenvalue weighted by Gasteiger charge is -2.34. The molecule has 0 spiro atoms. The lowest BCUT2D eigenvalue weighted by Crippen LogP contribution is -2.48. The maximum Gasteiger partial charge on any atom is 0.254 e. The largest absolute Gasteiger partial charge is 0.388 e. The van der Waals surface area contributed by atoms with Crippen LogP contribution in [-0.2, 0) is 12.8 Å². The summed E-state index contributed by atoms with van der Waals surface area (Å²) in [6, 6.07) is 6.10. The van der Waals surface area contributed by atoms with Crippen LogP contribution in [0.5, 0.6) is 0 Å². The zero-order valence-corrected chi connectivity index (χ0v) is 13.1. The molecule has 1 aliphatic carbocycles. The van der Waals surface area contributed by atoms with Gasteiger partial charge in [0.15, 0.2) is 0 Å². The molecule has 0 saturated carbocycles. The summed E-state index contributed by atoms with van der Waals surface area (Å²) in [6.45, 7) is 4.36. The topological polar surface area (TPSA) is 40.5 Å². The van der Waals surface area contributed by atoms with Gasteiger partial charge >= 0.3 is 0 Å². The highest BCUT2D eigenvalue weighted by Gasteiger charge is 2.38. The molecule has 1 atom stereocenters. The molecule has 1 aromatic rings. The van der Waals surface area contributed by atoms with E-state index >= 15 is 0 Å². The van der Waals surface area contributed by atoms with Crippen LogP contribution in [0, 0.1) is 0 Å². The molecular weight excluding hydrogens is 262 g/mol. The molecule has 1 heterocycles. The van der Waals surface area contributed by atoms with Gasteiger partial charge in [-0.1, -0.05) is 6.07 Å². The number of hydrogen-bond donors (Lipinski definition) is 1. The van der Waals surface area contributed by atoms with Gasteiger partial charge in [-0.25, -0.2) is 0 Å². The van der Waals surface area contributed by atoms with E-state index in [1.807, 2.05) is 11.0 Å². The van der Waals surface area contributed by atoms with Gasteiger partial charge in [-0.2, -0.15) is 0 Å². The standard InChI is InChI=1S/C18H25NO2/c1-18(2,21)16-8-5-11-19(16)17(20)15-10-9-13-6-3-4-7-14(13)12-15/h9-10,12,16,21H,3-8,11H2,1-2H3. The number of benzene rings is 1. The van der Waals surface area contributed by atoms with Crippen molar-refractivity contribution in [1.29, 1.82) is 0 Å². The number of fused-ring (bicyclic) bond motifs is 1. The third-order valence-electron chi connectivity index (χ3n) is 4.92. The molecule has 21 heavy (non-hydrogen) atoms. The summed E-state index contributed by atoms with van der Waals surface area (Å²) in [7, 11) is 0. The maximum atomic E-state index is 12.8. The minimum atomic E-state index is -0.833. The SMILES string of the molecule is CC(C)(O)C1CCCN1C(=O)c1ccc2c(c1)CCCC2. The first-order valence-electron chi connectivity index (χ1n) is 8.12. The lowest BCUT2D eigenvalue weighted by atomic mass is 9.90. The second-order valence-corrected chi connectivity index (χ2v) is 7.00. The van der Waals surface area contributed by atoms with Gasteiger partial charge in [-0.05, 0) is 75.6 Å². The van der Waals surface area contributed by atoms with Crippen LogP contribution < -0.4 is 0 Å². The van der Waals surface area contributed by atoms with Crippen molar-refractivity contribution < 1.29 is 9.90 Å². The number of aryl methyl sites for hydroxylation is 2. The predicted molar refractivity (Wildman–Crippen MR) is 83.4 cm³/mol. The van der Waals surface area contributed by atoms with E-state index in [9.17, 15) is 9.90 Å².